The van der Waals surface area contributed by atoms with Crippen LogP contribution in [0, 0.1) is 0 Å². The second-order valence-corrected chi connectivity index (χ2v) is 37.8. The smallest absolute Gasteiger partial charge is 0.323 e. The van der Waals surface area contributed by atoms with E-state index in [4.69, 9.17) is 36.7 Å². The second-order valence-electron chi connectivity index (χ2n) is 26.4. The van der Waals surface area contributed by atoms with Crippen molar-refractivity contribution in [2.75, 3.05) is 24.5 Å². The number of thiazole rings is 3. The molecule has 0 unspecified atom stereocenters. The predicted molar refractivity (Wildman–Crippen MR) is 497 cm³/mol. The van der Waals surface area contributed by atoms with Gasteiger partial charge < -0.3 is 20.2 Å². The lowest BCUT2D eigenvalue weighted by atomic mass is 10.1. The number of thioether (sulfide) groups is 3. The summed E-state index contributed by atoms with van der Waals surface area (Å²) in [6.45, 7) is 4.68. The Morgan fingerprint density at radius 2 is 0.576 bits per heavy atom. The van der Waals surface area contributed by atoms with E-state index in [-0.39, 0.29) is 46.4 Å². The summed E-state index contributed by atoms with van der Waals surface area (Å²) >= 11 is 27.5. The highest BCUT2D eigenvalue weighted by atomic mass is 32.2. The number of rotatable bonds is 24. The van der Waals surface area contributed by atoms with Crippen LogP contribution < -0.4 is 49.2 Å². The summed E-state index contributed by atoms with van der Waals surface area (Å²) in [4.78, 5) is 130. The number of carboxylic acid groups (broad SMARTS) is 3. The van der Waals surface area contributed by atoms with Crippen LogP contribution in [0.25, 0.3) is 101 Å². The minimum atomic E-state index is -1.20. The number of carbonyl (C=O) groups is 6. The molecule has 3 aliphatic rings. The fraction of sp³-hybridized carbons (Fsp3) is 0.103. The van der Waals surface area contributed by atoms with Crippen molar-refractivity contribution in [2.45, 2.75) is 40.4 Å². The fourth-order valence-corrected chi connectivity index (χ4v) is 23.6. The maximum atomic E-state index is 13.6. The monoisotopic (exact) mass is 1780 g/mol. The first-order chi connectivity index (χ1) is 57.0. The topological polar surface area (TPSA) is 242 Å². The van der Waals surface area contributed by atoms with Gasteiger partial charge in [0.05, 0.1) is 13.6 Å². The molecule has 3 aliphatic heterocycles. The van der Waals surface area contributed by atoms with E-state index in [2.05, 4.69) is 151 Å². The molecule has 3 fully saturated rings. The number of hydrogen-bond acceptors (Lipinski definition) is 22. The highest BCUT2D eigenvalue weighted by Gasteiger charge is 2.36. The molecule has 0 atom stereocenters. The number of hydrogen-bond donors (Lipinski definition) is 3. The van der Waals surface area contributed by atoms with Crippen LogP contribution in [0.1, 0.15) is 68.8 Å². The van der Waals surface area contributed by atoms with Crippen LogP contribution in [0.4, 0.5) is 17.1 Å². The highest BCUT2D eigenvalue weighted by molar-refractivity contribution is 8.31. The Morgan fingerprint density at radius 3 is 0.805 bits per heavy atom. The molecule has 0 spiro atoms. The van der Waals surface area contributed by atoms with Gasteiger partial charge in [-0.25, -0.2) is 0 Å². The van der Waals surface area contributed by atoms with Gasteiger partial charge in [-0.3, -0.25) is 71.6 Å². The van der Waals surface area contributed by atoms with Crippen molar-refractivity contribution in [3.05, 3.63) is 289 Å². The van der Waals surface area contributed by atoms with Gasteiger partial charge in [-0.2, -0.15) is 0 Å². The number of thiocarbonyl (C=S) groups is 3. The zero-order chi connectivity index (χ0) is 82.7. The van der Waals surface area contributed by atoms with Crippen LogP contribution >= 0.6 is 140 Å². The van der Waals surface area contributed by atoms with Gasteiger partial charge in [0, 0.05) is 66.0 Å². The molecule has 9 heterocycles. The molecule has 0 bridgehead atoms. The van der Waals surface area contributed by atoms with Crippen molar-refractivity contribution in [2.24, 2.45) is 0 Å². The van der Waals surface area contributed by atoms with Gasteiger partial charge in [0.2, 0.25) is 0 Å². The molecule has 0 aliphatic carbocycles. The average molecular weight is 1780 g/mol. The van der Waals surface area contributed by atoms with Gasteiger partial charge >= 0.3 is 17.9 Å². The number of amides is 3. The Morgan fingerprint density at radius 1 is 0.331 bits per heavy atom. The van der Waals surface area contributed by atoms with Gasteiger partial charge in [0.1, 0.15) is 61.3 Å². The van der Waals surface area contributed by atoms with Crippen molar-refractivity contribution >= 4 is 275 Å². The summed E-state index contributed by atoms with van der Waals surface area (Å²) in [5.74, 6) is -4.66. The molecule has 6 aromatic heterocycles. The summed E-state index contributed by atoms with van der Waals surface area (Å²) in [7, 11) is 0. The number of aromatic nitrogens is 3. The molecular formula is C87H63N7O12S12. The first-order valence-electron chi connectivity index (χ1n) is 36.4. The van der Waals surface area contributed by atoms with E-state index in [0.29, 0.717) is 46.2 Å². The van der Waals surface area contributed by atoms with E-state index >= 15 is 0 Å². The third-order valence-corrected chi connectivity index (χ3v) is 30.2. The summed E-state index contributed by atoms with van der Waals surface area (Å²) < 4.78 is 6.14. The normalized spacial score (nSPS) is 15.9. The van der Waals surface area contributed by atoms with Crippen molar-refractivity contribution < 1.29 is 44.1 Å². The van der Waals surface area contributed by atoms with E-state index in [9.17, 15) is 58.5 Å². The first-order valence-corrected chi connectivity index (χ1v) is 44.9. The Kier molecular flexibility index (Phi) is 24.9. The molecule has 0 saturated carbocycles. The van der Waals surface area contributed by atoms with E-state index in [1.54, 1.807) is 73.0 Å². The molecule has 31 heteroatoms. The zero-order valence-electron chi connectivity index (χ0n) is 62.3. The summed E-state index contributed by atoms with van der Waals surface area (Å²) in [5.41, 5.74) is 9.42. The maximum absolute atomic E-state index is 13.6. The first kappa shape index (κ1) is 82.2. The molecule has 12 aromatic rings. The van der Waals surface area contributed by atoms with Crippen LogP contribution in [0.15, 0.2) is 196 Å². The Bertz CT molecular complexity index is 6190. The fourth-order valence-electron chi connectivity index (χ4n) is 13.0. The number of carboxylic acids is 3. The third-order valence-electron chi connectivity index (χ3n) is 18.8. The van der Waals surface area contributed by atoms with Crippen LogP contribution in [0.3, 0.4) is 0 Å². The number of carbonyl (C=O) groups excluding carboxylic acids is 3. The molecule has 6 aromatic carbocycles. The number of thiophene rings is 3. The van der Waals surface area contributed by atoms with Gasteiger partial charge in [0.25, 0.3) is 34.4 Å². The van der Waals surface area contributed by atoms with E-state index in [1.165, 1.54) is 14.7 Å². The SMILES string of the molecule is CCN1C(=O)C(=c2sc(=Cc3ccc(-c4ccc(C=Cc5ccc(N(c6ccc(C=Cc7ccc(-c8ccc(C=c9sc(=C%10SC(=S)N(CC)C%10=O)n(CC(=O)O)c9=O)cc8)s7)cc6)c6ccc(C=Cc7ccc(-c8ccc(C=c9sc(=C%10SC(=S)N(CC)C%10=O)n(CC(=O)O)c9=O)cc8)s7)cc6)cc5)s4)cc3)c(=O)n2CC(=O)O)SC1=S. The Hall–Kier alpha value is -10.9. The standard InChI is InChI=1S/C87H63N7O12S12/c1-4-88-79(104)73(116-85(88)107)82-91(46-70(95)96)76(101)67(113-82)43-52-7-22-55(23-8-52)64-40-37-61(110-64)34-19-49-13-28-58(29-14-49)94(59-30-15-50(16-31-59)20-35-62-38-41-65(111-62)56-24-9-53(10-25-56)44-68-77(102)92(47-71(97)98)83(114-68)74-80(105)89(5-2)86(108)117-74)60-32-17-51(18-33-60)21-36-63-39-42-66(112-63)57-26-11-54(12-27-57)45-69-78(103)93(48-72(99)100)84(115-69)75-81(106)90(6-3)87(109)118-75/h7-45H,4-6,46-48H2,1-3H3,(H,95,96)(H,97,98)(H,99,100). The molecule has 590 valence electrons. The van der Waals surface area contributed by atoms with Crippen molar-refractivity contribution in [3.63, 3.8) is 0 Å². The molecular weight excluding hydrogens is 1720 g/mol. The molecule has 15 rings (SSSR count). The lowest BCUT2D eigenvalue weighted by Gasteiger charge is -2.26. The summed E-state index contributed by atoms with van der Waals surface area (Å²) in [6.07, 6.45) is 17.6. The minimum absolute atomic E-state index is 0.242. The molecule has 3 amide bonds. The number of benzene rings is 6. The van der Waals surface area contributed by atoms with E-state index in [0.717, 1.165) is 179 Å². The lowest BCUT2D eigenvalue weighted by Crippen LogP contribution is -2.35. The third kappa shape index (κ3) is 17.8. The van der Waals surface area contributed by atoms with Crippen LogP contribution in [0.2, 0.25) is 0 Å². The number of nitrogens with zero attached hydrogens (tertiary/aromatic N) is 7. The predicted octanol–water partition coefficient (Wildman–Crippen LogP) is 14.2. The minimum Gasteiger partial charge on any atom is -0.480 e. The molecule has 0 radical (unpaired) electrons. The van der Waals surface area contributed by atoms with Crippen LogP contribution in [-0.2, 0) is 48.4 Å². The highest BCUT2D eigenvalue weighted by Crippen LogP contribution is 2.39. The van der Waals surface area contributed by atoms with Gasteiger partial charge in [-0.1, -0.05) is 199 Å². The number of anilines is 3. The second kappa shape index (κ2) is 35.7. The quantitative estimate of drug-likeness (QED) is 0.0476. The summed E-state index contributed by atoms with van der Waals surface area (Å²) in [6, 6.07) is 60.9. The van der Waals surface area contributed by atoms with Gasteiger partial charge in [-0.15, -0.1) is 68.0 Å². The molecule has 118 heavy (non-hydrogen) atoms. The van der Waals surface area contributed by atoms with Gasteiger partial charge in [-0.05, 0) is 180 Å². The van der Waals surface area contributed by atoms with Crippen molar-refractivity contribution in [1.82, 2.24) is 28.4 Å². The molecule has 19 nitrogen and oxygen atoms in total. The van der Waals surface area contributed by atoms with Crippen molar-refractivity contribution in [1.29, 1.82) is 0 Å². The van der Waals surface area contributed by atoms with Crippen molar-refractivity contribution in [3.8, 4) is 31.3 Å². The number of aliphatic carboxylic acids is 3. The van der Waals surface area contributed by atoms with Crippen LogP contribution in [-0.4, -0.2) is 112 Å². The summed E-state index contributed by atoms with van der Waals surface area (Å²) in [5, 5.41) is 29.1. The Labute approximate surface area is 725 Å². The van der Waals surface area contributed by atoms with Gasteiger partial charge in [0.15, 0.2) is 0 Å². The molecule has 3 N–H and O–H groups in total. The zero-order valence-corrected chi connectivity index (χ0v) is 72.1. The lowest BCUT2D eigenvalue weighted by molar-refractivity contribution is -0.138. The molecule has 3 saturated heterocycles. The average Bonchev–Trinajstić information content (AvgIpc) is 1.61. The largest absolute Gasteiger partial charge is 0.480 e. The van der Waals surface area contributed by atoms with E-state index in [1.807, 2.05) is 72.8 Å². The maximum Gasteiger partial charge on any atom is 0.323 e. The van der Waals surface area contributed by atoms with Crippen LogP contribution in [0.5, 0.6) is 0 Å². The Balaban J connectivity index is 0.655. The van der Waals surface area contributed by atoms with E-state index < -0.39 is 54.2 Å².